The second kappa shape index (κ2) is 6.22. The van der Waals surface area contributed by atoms with Gasteiger partial charge in [0.2, 0.25) is 10.0 Å². The summed E-state index contributed by atoms with van der Waals surface area (Å²) in [5, 5.41) is -0.188. The van der Waals surface area contributed by atoms with E-state index in [2.05, 4.69) is 0 Å². The predicted molar refractivity (Wildman–Crippen MR) is 72.1 cm³/mol. The van der Waals surface area contributed by atoms with Crippen molar-refractivity contribution in [1.29, 1.82) is 0 Å². The van der Waals surface area contributed by atoms with Crippen molar-refractivity contribution >= 4 is 16.0 Å². The second-order valence-corrected chi connectivity index (χ2v) is 7.59. The Balaban J connectivity index is 1.90. The normalized spacial score (nSPS) is 23.6. The highest BCUT2D eigenvalue weighted by molar-refractivity contribution is 7.89. The van der Waals surface area contributed by atoms with Crippen molar-refractivity contribution in [2.75, 3.05) is 19.7 Å². The van der Waals surface area contributed by atoms with Crippen LogP contribution < -0.4 is 0 Å². The summed E-state index contributed by atoms with van der Waals surface area (Å²) in [5.41, 5.74) is 0. The molecular formula is C13H23NO4S. The monoisotopic (exact) mass is 289 g/mol. The molecule has 0 radical (unpaired) electrons. The molecular weight excluding hydrogens is 266 g/mol. The Morgan fingerprint density at radius 3 is 2.26 bits per heavy atom. The topological polar surface area (TPSA) is 63.7 Å². The molecule has 0 N–H and O–H groups in total. The van der Waals surface area contributed by atoms with Crippen LogP contribution in [0.2, 0.25) is 0 Å². The summed E-state index contributed by atoms with van der Waals surface area (Å²) in [7, 11) is -3.14. The van der Waals surface area contributed by atoms with Crippen LogP contribution >= 0.6 is 0 Å². The van der Waals surface area contributed by atoms with Crippen molar-refractivity contribution in [1.82, 2.24) is 4.31 Å². The lowest BCUT2D eigenvalue weighted by Gasteiger charge is -2.31. The van der Waals surface area contributed by atoms with Crippen LogP contribution in [-0.4, -0.2) is 43.6 Å². The molecule has 1 aliphatic carbocycles. The number of hydrogen-bond acceptors (Lipinski definition) is 4. The van der Waals surface area contributed by atoms with E-state index in [1.807, 2.05) is 0 Å². The van der Waals surface area contributed by atoms with E-state index in [1.54, 1.807) is 11.2 Å². The molecule has 2 fully saturated rings. The zero-order valence-electron chi connectivity index (χ0n) is 11.5. The van der Waals surface area contributed by atoms with Crippen LogP contribution in [0.25, 0.3) is 0 Å². The molecule has 19 heavy (non-hydrogen) atoms. The van der Waals surface area contributed by atoms with Crippen LogP contribution in [0.4, 0.5) is 0 Å². The maximum Gasteiger partial charge on any atom is 0.309 e. The molecule has 0 atom stereocenters. The van der Waals surface area contributed by atoms with Gasteiger partial charge in [0, 0.05) is 13.1 Å². The standard InChI is InChI=1S/C13H23NO4S/c1-2-18-13(15)11-7-9-14(10-8-11)19(16,17)12-5-3-4-6-12/h11-12H,2-10H2,1H3. The summed E-state index contributed by atoms with van der Waals surface area (Å²) in [6.07, 6.45) is 4.79. The van der Waals surface area contributed by atoms with E-state index in [0.717, 1.165) is 25.7 Å². The molecule has 0 unspecified atom stereocenters. The Kier molecular flexibility index (Phi) is 4.84. The first-order chi connectivity index (χ1) is 9.05. The lowest BCUT2D eigenvalue weighted by molar-refractivity contribution is -0.149. The van der Waals surface area contributed by atoms with E-state index in [1.165, 1.54) is 0 Å². The van der Waals surface area contributed by atoms with E-state index in [0.29, 0.717) is 32.5 Å². The number of carbonyl (C=O) groups is 1. The summed E-state index contributed by atoms with van der Waals surface area (Å²) in [6.45, 7) is 3.10. The summed E-state index contributed by atoms with van der Waals surface area (Å²) in [6, 6.07) is 0. The van der Waals surface area contributed by atoms with Gasteiger partial charge in [-0.2, -0.15) is 0 Å². The van der Waals surface area contributed by atoms with Crippen molar-refractivity contribution in [3.63, 3.8) is 0 Å². The van der Waals surface area contributed by atoms with E-state index in [-0.39, 0.29) is 17.1 Å². The maximum absolute atomic E-state index is 12.4. The predicted octanol–water partition coefficient (Wildman–Crippen LogP) is 1.53. The van der Waals surface area contributed by atoms with Crippen LogP contribution in [0.1, 0.15) is 45.4 Å². The average Bonchev–Trinajstić information content (AvgIpc) is 2.94. The minimum Gasteiger partial charge on any atom is -0.466 e. The number of ether oxygens (including phenoxy) is 1. The van der Waals surface area contributed by atoms with Gasteiger partial charge in [-0.15, -0.1) is 0 Å². The van der Waals surface area contributed by atoms with Gasteiger partial charge in [-0.1, -0.05) is 12.8 Å². The maximum atomic E-state index is 12.4. The quantitative estimate of drug-likeness (QED) is 0.736. The number of sulfonamides is 1. The molecule has 2 rings (SSSR count). The number of nitrogens with zero attached hydrogens (tertiary/aromatic N) is 1. The molecule has 0 amide bonds. The summed E-state index contributed by atoms with van der Waals surface area (Å²) >= 11 is 0. The summed E-state index contributed by atoms with van der Waals surface area (Å²) in [5.74, 6) is -0.310. The second-order valence-electron chi connectivity index (χ2n) is 5.38. The molecule has 0 spiro atoms. The minimum absolute atomic E-state index is 0.130. The number of esters is 1. The highest BCUT2D eigenvalue weighted by Crippen LogP contribution is 2.30. The first-order valence-electron chi connectivity index (χ1n) is 7.21. The molecule has 1 saturated carbocycles. The van der Waals surface area contributed by atoms with Gasteiger partial charge in [0.15, 0.2) is 0 Å². The fraction of sp³-hybridized carbons (Fsp3) is 0.923. The smallest absolute Gasteiger partial charge is 0.309 e. The third kappa shape index (κ3) is 3.28. The third-order valence-electron chi connectivity index (χ3n) is 4.16. The van der Waals surface area contributed by atoms with Gasteiger partial charge in [-0.05, 0) is 32.6 Å². The zero-order chi connectivity index (χ0) is 13.9. The van der Waals surface area contributed by atoms with Crippen molar-refractivity contribution in [3.8, 4) is 0 Å². The van der Waals surface area contributed by atoms with Crippen molar-refractivity contribution in [2.45, 2.75) is 50.7 Å². The fourth-order valence-corrected chi connectivity index (χ4v) is 5.07. The Hall–Kier alpha value is -0.620. The first-order valence-corrected chi connectivity index (χ1v) is 8.71. The molecule has 1 saturated heterocycles. The van der Waals surface area contributed by atoms with Gasteiger partial charge >= 0.3 is 5.97 Å². The number of hydrogen-bond donors (Lipinski definition) is 0. The van der Waals surface area contributed by atoms with Crippen molar-refractivity contribution < 1.29 is 17.9 Å². The molecule has 0 aromatic rings. The molecule has 1 aliphatic heterocycles. The van der Waals surface area contributed by atoms with E-state index < -0.39 is 10.0 Å². The van der Waals surface area contributed by atoms with Crippen molar-refractivity contribution in [2.24, 2.45) is 5.92 Å². The van der Waals surface area contributed by atoms with Crippen LogP contribution in [-0.2, 0) is 19.6 Å². The van der Waals surface area contributed by atoms with Gasteiger partial charge < -0.3 is 4.74 Å². The Labute approximate surface area is 115 Å². The highest BCUT2D eigenvalue weighted by Gasteiger charge is 2.37. The average molecular weight is 289 g/mol. The molecule has 0 aromatic carbocycles. The Morgan fingerprint density at radius 1 is 1.16 bits per heavy atom. The molecule has 2 aliphatic rings. The molecule has 0 bridgehead atoms. The van der Waals surface area contributed by atoms with E-state index in [4.69, 9.17) is 4.74 Å². The van der Waals surface area contributed by atoms with E-state index in [9.17, 15) is 13.2 Å². The fourth-order valence-electron chi connectivity index (χ4n) is 3.00. The lowest BCUT2D eigenvalue weighted by Crippen LogP contribution is -2.44. The molecule has 1 heterocycles. The van der Waals surface area contributed by atoms with Gasteiger partial charge in [-0.3, -0.25) is 4.79 Å². The van der Waals surface area contributed by atoms with Crippen LogP contribution in [0.15, 0.2) is 0 Å². The van der Waals surface area contributed by atoms with Gasteiger partial charge in [-0.25, -0.2) is 12.7 Å². The van der Waals surface area contributed by atoms with Crippen molar-refractivity contribution in [3.05, 3.63) is 0 Å². The molecule has 110 valence electrons. The zero-order valence-corrected chi connectivity index (χ0v) is 12.3. The number of piperidine rings is 1. The first kappa shape index (κ1) is 14.8. The summed E-state index contributed by atoms with van der Waals surface area (Å²) < 4.78 is 31.4. The SMILES string of the molecule is CCOC(=O)C1CCN(S(=O)(=O)C2CCCC2)CC1. The molecule has 0 aromatic heterocycles. The van der Waals surface area contributed by atoms with E-state index >= 15 is 0 Å². The van der Waals surface area contributed by atoms with Crippen LogP contribution in [0, 0.1) is 5.92 Å². The van der Waals surface area contributed by atoms with Gasteiger partial charge in [0.25, 0.3) is 0 Å². The largest absolute Gasteiger partial charge is 0.466 e. The minimum atomic E-state index is -3.14. The lowest BCUT2D eigenvalue weighted by atomic mass is 9.98. The van der Waals surface area contributed by atoms with Gasteiger partial charge in [0.1, 0.15) is 0 Å². The van der Waals surface area contributed by atoms with Gasteiger partial charge in [0.05, 0.1) is 17.8 Å². The highest BCUT2D eigenvalue weighted by atomic mass is 32.2. The third-order valence-corrected chi connectivity index (χ3v) is 6.56. The number of carbonyl (C=O) groups excluding carboxylic acids is 1. The molecule has 5 nitrogen and oxygen atoms in total. The van der Waals surface area contributed by atoms with Crippen LogP contribution in [0.5, 0.6) is 0 Å². The summed E-state index contributed by atoms with van der Waals surface area (Å²) in [4.78, 5) is 11.6. The number of rotatable bonds is 4. The molecule has 6 heteroatoms. The Bertz CT molecular complexity index is 406. The van der Waals surface area contributed by atoms with Crippen LogP contribution in [0.3, 0.4) is 0 Å². The Morgan fingerprint density at radius 2 is 1.74 bits per heavy atom.